The molecule has 2 atom stereocenters. The number of carboxylic acid groups (broad SMARTS) is 1. The highest BCUT2D eigenvalue weighted by atomic mass is 19.1. The Hall–Kier alpha value is -2.47. The molecular formula is C16H17FN2O3. The Balaban J connectivity index is 1.97. The van der Waals surface area contributed by atoms with E-state index in [1.807, 2.05) is 6.92 Å². The lowest BCUT2D eigenvalue weighted by Crippen LogP contribution is -2.20. The number of aromatic nitrogens is 1. The number of anilines is 1. The van der Waals surface area contributed by atoms with E-state index in [1.54, 1.807) is 12.1 Å². The van der Waals surface area contributed by atoms with Crippen molar-refractivity contribution >= 4 is 11.8 Å². The summed E-state index contributed by atoms with van der Waals surface area (Å²) in [7, 11) is 0. The monoisotopic (exact) mass is 304 g/mol. The van der Waals surface area contributed by atoms with Crippen LogP contribution in [0.5, 0.6) is 0 Å². The predicted molar refractivity (Wildman–Crippen MR) is 80.3 cm³/mol. The van der Waals surface area contributed by atoms with E-state index in [1.165, 1.54) is 30.3 Å². The fourth-order valence-electron chi connectivity index (χ4n) is 2.10. The van der Waals surface area contributed by atoms with E-state index in [-0.39, 0.29) is 17.6 Å². The Morgan fingerprint density at radius 2 is 1.95 bits per heavy atom. The summed E-state index contributed by atoms with van der Waals surface area (Å²) in [6.45, 7) is 1.85. The van der Waals surface area contributed by atoms with Crippen molar-refractivity contribution in [3.8, 4) is 0 Å². The van der Waals surface area contributed by atoms with Gasteiger partial charge < -0.3 is 15.5 Å². The van der Waals surface area contributed by atoms with Crippen LogP contribution in [0.1, 0.15) is 35.5 Å². The molecule has 5 nitrogen and oxygen atoms in total. The average Bonchev–Trinajstić information content (AvgIpc) is 2.47. The van der Waals surface area contributed by atoms with E-state index in [0.717, 1.165) is 0 Å². The first-order valence-corrected chi connectivity index (χ1v) is 6.86. The van der Waals surface area contributed by atoms with Crippen LogP contribution in [0.15, 0.2) is 42.5 Å². The quantitative estimate of drug-likeness (QED) is 0.764. The Morgan fingerprint density at radius 1 is 1.27 bits per heavy atom. The van der Waals surface area contributed by atoms with E-state index >= 15 is 0 Å². The SMILES string of the molecule is CC(CC(O)c1ccc(F)cc1)Nc1cccc(C(=O)O)n1. The summed E-state index contributed by atoms with van der Waals surface area (Å²) in [5.41, 5.74) is 0.582. The van der Waals surface area contributed by atoms with Crippen molar-refractivity contribution < 1.29 is 19.4 Å². The third kappa shape index (κ3) is 4.26. The van der Waals surface area contributed by atoms with Gasteiger partial charge in [0.1, 0.15) is 11.6 Å². The van der Waals surface area contributed by atoms with Crippen LogP contribution in [-0.4, -0.2) is 27.2 Å². The molecule has 2 unspecified atom stereocenters. The molecule has 1 aromatic carbocycles. The number of pyridine rings is 1. The molecule has 0 radical (unpaired) electrons. The number of hydrogen-bond acceptors (Lipinski definition) is 4. The minimum Gasteiger partial charge on any atom is -0.477 e. The van der Waals surface area contributed by atoms with Gasteiger partial charge in [0.05, 0.1) is 6.10 Å². The Morgan fingerprint density at radius 3 is 2.59 bits per heavy atom. The fraction of sp³-hybridized carbons (Fsp3) is 0.250. The summed E-state index contributed by atoms with van der Waals surface area (Å²) in [6, 6.07) is 10.2. The molecule has 0 amide bonds. The third-order valence-corrected chi connectivity index (χ3v) is 3.19. The van der Waals surface area contributed by atoms with E-state index in [0.29, 0.717) is 17.8 Å². The summed E-state index contributed by atoms with van der Waals surface area (Å²) in [5.74, 6) is -1.02. The van der Waals surface area contributed by atoms with Crippen molar-refractivity contribution in [1.82, 2.24) is 4.98 Å². The molecule has 22 heavy (non-hydrogen) atoms. The maximum atomic E-state index is 12.9. The smallest absolute Gasteiger partial charge is 0.354 e. The van der Waals surface area contributed by atoms with Gasteiger partial charge in [-0.15, -0.1) is 0 Å². The first kappa shape index (κ1) is 15.9. The van der Waals surface area contributed by atoms with Crippen LogP contribution in [0.3, 0.4) is 0 Å². The summed E-state index contributed by atoms with van der Waals surface area (Å²) < 4.78 is 12.9. The Bertz CT molecular complexity index is 646. The number of aromatic carboxylic acids is 1. The van der Waals surface area contributed by atoms with Crippen LogP contribution in [0.25, 0.3) is 0 Å². The lowest BCUT2D eigenvalue weighted by Gasteiger charge is -2.19. The predicted octanol–water partition coefficient (Wildman–Crippen LogP) is 2.84. The van der Waals surface area contributed by atoms with Crippen molar-refractivity contribution in [1.29, 1.82) is 0 Å². The summed E-state index contributed by atoms with van der Waals surface area (Å²) >= 11 is 0. The first-order chi connectivity index (χ1) is 10.5. The maximum Gasteiger partial charge on any atom is 0.354 e. The molecule has 3 N–H and O–H groups in total. The van der Waals surface area contributed by atoms with E-state index in [2.05, 4.69) is 10.3 Å². The van der Waals surface area contributed by atoms with Gasteiger partial charge >= 0.3 is 5.97 Å². The fourth-order valence-corrected chi connectivity index (χ4v) is 2.10. The highest BCUT2D eigenvalue weighted by Crippen LogP contribution is 2.20. The molecule has 2 aromatic rings. The highest BCUT2D eigenvalue weighted by Gasteiger charge is 2.13. The zero-order chi connectivity index (χ0) is 16.1. The Labute approximate surface area is 127 Å². The largest absolute Gasteiger partial charge is 0.477 e. The number of halogens is 1. The molecule has 0 saturated carbocycles. The minimum absolute atomic E-state index is 0.0451. The molecule has 2 rings (SSSR count). The Kier molecular flexibility index (Phi) is 5.06. The van der Waals surface area contributed by atoms with Gasteiger partial charge in [0.2, 0.25) is 0 Å². The van der Waals surface area contributed by atoms with Gasteiger partial charge in [-0.1, -0.05) is 18.2 Å². The topological polar surface area (TPSA) is 82.5 Å². The van der Waals surface area contributed by atoms with Crippen LogP contribution < -0.4 is 5.32 Å². The number of benzene rings is 1. The molecule has 0 aliphatic rings. The summed E-state index contributed by atoms with van der Waals surface area (Å²) in [6.07, 6.45) is -0.365. The van der Waals surface area contributed by atoms with Gasteiger partial charge in [0.25, 0.3) is 0 Å². The van der Waals surface area contributed by atoms with E-state index in [9.17, 15) is 14.3 Å². The molecule has 1 aromatic heterocycles. The molecule has 0 bridgehead atoms. The number of hydrogen-bond donors (Lipinski definition) is 3. The van der Waals surface area contributed by atoms with Crippen molar-refractivity contribution in [2.45, 2.75) is 25.5 Å². The van der Waals surface area contributed by atoms with Crippen molar-refractivity contribution in [2.75, 3.05) is 5.32 Å². The normalized spacial score (nSPS) is 13.4. The number of aliphatic hydroxyl groups is 1. The zero-order valence-corrected chi connectivity index (χ0v) is 12.0. The molecule has 6 heteroatoms. The van der Waals surface area contributed by atoms with Gasteiger partial charge in [-0.05, 0) is 43.2 Å². The second kappa shape index (κ2) is 7.00. The molecule has 1 heterocycles. The molecule has 116 valence electrons. The second-order valence-corrected chi connectivity index (χ2v) is 5.06. The number of nitrogens with one attached hydrogen (secondary N) is 1. The molecule has 0 fully saturated rings. The molecule has 0 aliphatic carbocycles. The third-order valence-electron chi connectivity index (χ3n) is 3.19. The maximum absolute atomic E-state index is 12.9. The number of carbonyl (C=O) groups is 1. The average molecular weight is 304 g/mol. The molecule has 0 aliphatic heterocycles. The van der Waals surface area contributed by atoms with Gasteiger partial charge in [0.15, 0.2) is 5.69 Å². The van der Waals surface area contributed by atoms with Crippen molar-refractivity contribution in [3.05, 3.63) is 59.5 Å². The zero-order valence-electron chi connectivity index (χ0n) is 12.0. The number of aliphatic hydroxyl groups excluding tert-OH is 1. The van der Waals surface area contributed by atoms with Crippen molar-refractivity contribution in [2.24, 2.45) is 0 Å². The van der Waals surface area contributed by atoms with E-state index in [4.69, 9.17) is 5.11 Å². The van der Waals surface area contributed by atoms with Crippen LogP contribution in [0.4, 0.5) is 10.2 Å². The van der Waals surface area contributed by atoms with Crippen LogP contribution in [-0.2, 0) is 0 Å². The standard InChI is InChI=1S/C16H17FN2O3/c1-10(9-14(20)11-5-7-12(17)8-6-11)18-15-4-2-3-13(19-15)16(21)22/h2-8,10,14,20H,9H2,1H3,(H,18,19)(H,21,22). The number of nitrogens with zero attached hydrogens (tertiary/aromatic N) is 1. The minimum atomic E-state index is -1.09. The van der Waals surface area contributed by atoms with E-state index < -0.39 is 12.1 Å². The van der Waals surface area contributed by atoms with Crippen LogP contribution in [0, 0.1) is 5.82 Å². The first-order valence-electron chi connectivity index (χ1n) is 6.86. The summed E-state index contributed by atoms with van der Waals surface area (Å²) in [4.78, 5) is 14.8. The van der Waals surface area contributed by atoms with Gasteiger partial charge in [-0.2, -0.15) is 0 Å². The number of rotatable bonds is 6. The lowest BCUT2D eigenvalue weighted by molar-refractivity contribution is 0.0690. The van der Waals surface area contributed by atoms with Gasteiger partial charge in [-0.25, -0.2) is 14.2 Å². The van der Waals surface area contributed by atoms with Crippen LogP contribution >= 0.6 is 0 Å². The molecular weight excluding hydrogens is 287 g/mol. The molecule has 0 spiro atoms. The van der Waals surface area contributed by atoms with Crippen molar-refractivity contribution in [3.63, 3.8) is 0 Å². The number of carboxylic acids is 1. The lowest BCUT2D eigenvalue weighted by atomic mass is 10.0. The second-order valence-electron chi connectivity index (χ2n) is 5.06. The summed E-state index contributed by atoms with van der Waals surface area (Å²) in [5, 5.41) is 22.1. The molecule has 0 saturated heterocycles. The highest BCUT2D eigenvalue weighted by molar-refractivity contribution is 5.85. The van der Waals surface area contributed by atoms with Gasteiger partial charge in [-0.3, -0.25) is 0 Å². The van der Waals surface area contributed by atoms with Crippen LogP contribution in [0.2, 0.25) is 0 Å². The van der Waals surface area contributed by atoms with Gasteiger partial charge in [0, 0.05) is 6.04 Å².